The molecule has 1 heterocycles. The average Bonchev–Trinajstić information content (AvgIpc) is 2.63. The molecule has 0 fully saturated rings. The van der Waals surface area contributed by atoms with Crippen LogP contribution in [0.1, 0.15) is 31.3 Å². The number of rotatable bonds is 8. The third kappa shape index (κ3) is 5.60. The minimum atomic E-state index is 0.777. The summed E-state index contributed by atoms with van der Waals surface area (Å²) in [6.45, 7) is 7.43. The summed E-state index contributed by atoms with van der Waals surface area (Å²) in [4.78, 5) is 0. The Labute approximate surface area is 91.8 Å². The van der Waals surface area contributed by atoms with Crippen molar-refractivity contribution in [2.45, 2.75) is 33.2 Å². The van der Waals surface area contributed by atoms with Crippen molar-refractivity contribution >= 4 is 0 Å². The van der Waals surface area contributed by atoms with E-state index in [0.717, 1.165) is 44.2 Å². The fourth-order valence-electron chi connectivity index (χ4n) is 1.28. The van der Waals surface area contributed by atoms with Gasteiger partial charge in [0.15, 0.2) is 0 Å². The van der Waals surface area contributed by atoms with Gasteiger partial charge in [-0.05, 0) is 25.5 Å². The van der Waals surface area contributed by atoms with E-state index in [9.17, 15) is 0 Å². The van der Waals surface area contributed by atoms with Gasteiger partial charge in [0.2, 0.25) is 0 Å². The largest absolute Gasteiger partial charge is 0.465 e. The van der Waals surface area contributed by atoms with Crippen molar-refractivity contribution in [2.75, 3.05) is 19.8 Å². The first kappa shape index (κ1) is 12.3. The Bertz CT molecular complexity index is 258. The predicted octanol–water partition coefficient (Wildman–Crippen LogP) is 2.49. The Morgan fingerprint density at radius 1 is 1.33 bits per heavy atom. The first-order chi connectivity index (χ1) is 7.33. The van der Waals surface area contributed by atoms with Gasteiger partial charge in [-0.1, -0.05) is 13.3 Å². The molecule has 0 atom stereocenters. The summed E-state index contributed by atoms with van der Waals surface area (Å²) < 4.78 is 10.8. The lowest BCUT2D eigenvalue weighted by atomic mass is 10.4. The zero-order valence-corrected chi connectivity index (χ0v) is 9.71. The molecule has 3 heteroatoms. The number of aryl methyl sites for hydroxylation is 1. The molecule has 0 aliphatic heterocycles. The number of nitrogens with one attached hydrogen (secondary N) is 1. The van der Waals surface area contributed by atoms with Crippen LogP contribution in [-0.4, -0.2) is 19.8 Å². The fraction of sp³-hybridized carbons (Fsp3) is 0.667. The van der Waals surface area contributed by atoms with Crippen molar-refractivity contribution < 1.29 is 9.15 Å². The fourth-order valence-corrected chi connectivity index (χ4v) is 1.28. The third-order valence-corrected chi connectivity index (χ3v) is 2.16. The van der Waals surface area contributed by atoms with Gasteiger partial charge < -0.3 is 14.5 Å². The third-order valence-electron chi connectivity index (χ3n) is 2.16. The van der Waals surface area contributed by atoms with Crippen LogP contribution < -0.4 is 5.32 Å². The Hall–Kier alpha value is -0.800. The minimum Gasteiger partial charge on any atom is -0.465 e. The van der Waals surface area contributed by atoms with Gasteiger partial charge >= 0.3 is 0 Å². The molecule has 0 aliphatic carbocycles. The molecule has 0 aliphatic rings. The molecule has 3 nitrogen and oxygen atoms in total. The molecule has 1 aromatic heterocycles. The second kappa shape index (κ2) is 7.49. The molecule has 0 saturated heterocycles. The van der Waals surface area contributed by atoms with Gasteiger partial charge in [-0.3, -0.25) is 0 Å². The van der Waals surface area contributed by atoms with Crippen molar-refractivity contribution in [1.82, 2.24) is 5.32 Å². The van der Waals surface area contributed by atoms with E-state index in [1.54, 1.807) is 0 Å². The zero-order chi connectivity index (χ0) is 10.9. The molecule has 0 amide bonds. The van der Waals surface area contributed by atoms with E-state index in [-0.39, 0.29) is 0 Å². The summed E-state index contributed by atoms with van der Waals surface area (Å²) in [5.41, 5.74) is 0. The van der Waals surface area contributed by atoms with E-state index in [4.69, 9.17) is 9.15 Å². The lowest BCUT2D eigenvalue weighted by Gasteiger charge is -2.04. The van der Waals surface area contributed by atoms with Crippen LogP contribution in [0, 0.1) is 6.92 Å². The summed E-state index contributed by atoms with van der Waals surface area (Å²) in [6.07, 6.45) is 2.34. The quantitative estimate of drug-likeness (QED) is 0.671. The molecule has 1 rings (SSSR count). The average molecular weight is 211 g/mol. The summed E-state index contributed by atoms with van der Waals surface area (Å²) in [5, 5.41) is 3.27. The highest BCUT2D eigenvalue weighted by atomic mass is 16.5. The summed E-state index contributed by atoms with van der Waals surface area (Å²) >= 11 is 0. The van der Waals surface area contributed by atoms with Crippen molar-refractivity contribution in [3.63, 3.8) is 0 Å². The molecule has 1 aromatic rings. The predicted molar refractivity (Wildman–Crippen MR) is 60.9 cm³/mol. The zero-order valence-electron chi connectivity index (χ0n) is 9.71. The summed E-state index contributed by atoms with van der Waals surface area (Å²) in [6, 6.07) is 3.98. The Morgan fingerprint density at radius 2 is 2.20 bits per heavy atom. The van der Waals surface area contributed by atoms with Gasteiger partial charge in [-0.15, -0.1) is 0 Å². The normalized spacial score (nSPS) is 10.8. The highest BCUT2D eigenvalue weighted by Crippen LogP contribution is 2.04. The molecule has 86 valence electrons. The van der Waals surface area contributed by atoms with E-state index in [1.165, 1.54) is 6.42 Å². The van der Waals surface area contributed by atoms with Crippen LogP contribution >= 0.6 is 0 Å². The minimum absolute atomic E-state index is 0.777. The molecule has 0 aromatic carbocycles. The van der Waals surface area contributed by atoms with Gasteiger partial charge in [0.05, 0.1) is 13.2 Å². The van der Waals surface area contributed by atoms with Crippen molar-refractivity contribution in [3.8, 4) is 0 Å². The van der Waals surface area contributed by atoms with Crippen LogP contribution in [-0.2, 0) is 11.3 Å². The van der Waals surface area contributed by atoms with Crippen LogP contribution in [0.25, 0.3) is 0 Å². The van der Waals surface area contributed by atoms with E-state index < -0.39 is 0 Å². The Balaban J connectivity index is 1.93. The highest BCUT2D eigenvalue weighted by Gasteiger charge is 1.96. The maximum absolute atomic E-state index is 5.43. The van der Waals surface area contributed by atoms with Crippen molar-refractivity contribution in [1.29, 1.82) is 0 Å². The van der Waals surface area contributed by atoms with Crippen LogP contribution in [0.3, 0.4) is 0 Å². The van der Waals surface area contributed by atoms with Crippen molar-refractivity contribution in [3.05, 3.63) is 23.7 Å². The van der Waals surface area contributed by atoms with Gasteiger partial charge in [-0.25, -0.2) is 0 Å². The lowest BCUT2D eigenvalue weighted by molar-refractivity contribution is 0.132. The molecule has 0 radical (unpaired) electrons. The number of ether oxygens (including phenoxy) is 1. The number of furan rings is 1. The first-order valence-corrected chi connectivity index (χ1v) is 5.66. The molecule has 0 unspecified atom stereocenters. The van der Waals surface area contributed by atoms with Gasteiger partial charge in [0, 0.05) is 13.2 Å². The summed E-state index contributed by atoms with van der Waals surface area (Å²) in [5.74, 6) is 1.95. The second-order valence-electron chi connectivity index (χ2n) is 3.66. The SMILES string of the molecule is CCCCOCCNCc1ccc(C)o1. The van der Waals surface area contributed by atoms with E-state index in [0.29, 0.717) is 0 Å². The van der Waals surface area contributed by atoms with Crippen molar-refractivity contribution in [2.24, 2.45) is 0 Å². The van der Waals surface area contributed by atoms with Gasteiger partial charge in [0.1, 0.15) is 11.5 Å². The monoisotopic (exact) mass is 211 g/mol. The molecule has 0 bridgehead atoms. The molecule has 1 N–H and O–H groups in total. The molecular formula is C12H21NO2. The van der Waals surface area contributed by atoms with Crippen LogP contribution in [0.15, 0.2) is 16.5 Å². The number of unbranched alkanes of at least 4 members (excludes halogenated alkanes) is 1. The first-order valence-electron chi connectivity index (χ1n) is 5.66. The molecule has 15 heavy (non-hydrogen) atoms. The molecule has 0 spiro atoms. The Kier molecular flexibility index (Phi) is 6.12. The molecular weight excluding hydrogens is 190 g/mol. The topological polar surface area (TPSA) is 34.4 Å². The molecule has 0 saturated carbocycles. The number of hydrogen-bond acceptors (Lipinski definition) is 3. The maximum atomic E-state index is 5.43. The maximum Gasteiger partial charge on any atom is 0.117 e. The number of hydrogen-bond donors (Lipinski definition) is 1. The highest BCUT2D eigenvalue weighted by molar-refractivity contribution is 5.04. The van der Waals surface area contributed by atoms with Gasteiger partial charge in [-0.2, -0.15) is 0 Å². The van der Waals surface area contributed by atoms with E-state index in [1.807, 2.05) is 19.1 Å². The van der Waals surface area contributed by atoms with E-state index >= 15 is 0 Å². The summed E-state index contributed by atoms with van der Waals surface area (Å²) in [7, 11) is 0. The van der Waals surface area contributed by atoms with E-state index in [2.05, 4.69) is 12.2 Å². The van der Waals surface area contributed by atoms with Crippen LogP contribution in [0.5, 0.6) is 0 Å². The Morgan fingerprint density at radius 3 is 2.87 bits per heavy atom. The smallest absolute Gasteiger partial charge is 0.117 e. The van der Waals surface area contributed by atoms with Crippen LogP contribution in [0.4, 0.5) is 0 Å². The second-order valence-corrected chi connectivity index (χ2v) is 3.66. The van der Waals surface area contributed by atoms with Crippen LogP contribution in [0.2, 0.25) is 0 Å². The standard InChI is InChI=1S/C12H21NO2/c1-3-4-8-14-9-7-13-10-12-6-5-11(2)15-12/h5-6,13H,3-4,7-10H2,1-2H3. The van der Waals surface area contributed by atoms with Gasteiger partial charge in [0.25, 0.3) is 0 Å². The lowest BCUT2D eigenvalue weighted by Crippen LogP contribution is -2.19.